The lowest BCUT2D eigenvalue weighted by atomic mass is 10.1. The molecule has 0 aliphatic rings. The van der Waals surface area contributed by atoms with Crippen LogP contribution in [0.15, 0.2) is 53.7 Å². The quantitative estimate of drug-likeness (QED) is 0.549. The van der Waals surface area contributed by atoms with Crippen LogP contribution in [0.1, 0.15) is 31.9 Å². The standard InChI is InChI=1S/C20H20F3N3O3/c1-12(15-4-8-17(9-5-15)24-14(3)27)26-29-13(2)19(28)25-18-10-6-16(7-11-18)20(21,22)23/h4-11,13H,1-3H3,(H,24,27)(H,25,28)/b26-12+. The molecule has 6 nitrogen and oxygen atoms in total. The van der Waals surface area contributed by atoms with Crippen LogP contribution >= 0.6 is 0 Å². The molecule has 0 bridgehead atoms. The number of nitrogens with one attached hydrogen (secondary N) is 2. The fraction of sp³-hybridized carbons (Fsp3) is 0.250. The Hall–Kier alpha value is -3.36. The molecular weight excluding hydrogens is 387 g/mol. The fourth-order valence-corrected chi connectivity index (χ4v) is 2.24. The molecule has 2 rings (SSSR count). The predicted octanol–water partition coefficient (Wildman–Crippen LogP) is 4.43. The van der Waals surface area contributed by atoms with Crippen molar-refractivity contribution in [2.75, 3.05) is 10.6 Å². The molecular formula is C20H20F3N3O3. The van der Waals surface area contributed by atoms with E-state index in [1.165, 1.54) is 26.0 Å². The third kappa shape index (κ3) is 6.63. The van der Waals surface area contributed by atoms with Crippen molar-refractivity contribution < 1.29 is 27.6 Å². The van der Waals surface area contributed by atoms with Crippen LogP contribution in [-0.4, -0.2) is 23.6 Å². The summed E-state index contributed by atoms with van der Waals surface area (Å²) in [5.41, 5.74) is 1.29. The van der Waals surface area contributed by atoms with Crippen LogP contribution in [0.4, 0.5) is 24.5 Å². The summed E-state index contributed by atoms with van der Waals surface area (Å²) in [5, 5.41) is 9.03. The van der Waals surface area contributed by atoms with Gasteiger partial charge >= 0.3 is 6.18 Å². The van der Waals surface area contributed by atoms with Gasteiger partial charge in [0.05, 0.1) is 11.3 Å². The van der Waals surface area contributed by atoms with Crippen LogP contribution in [0, 0.1) is 0 Å². The topological polar surface area (TPSA) is 79.8 Å². The number of alkyl halides is 3. The summed E-state index contributed by atoms with van der Waals surface area (Å²) in [7, 11) is 0. The maximum atomic E-state index is 12.6. The van der Waals surface area contributed by atoms with E-state index in [-0.39, 0.29) is 11.6 Å². The number of amides is 2. The average molecular weight is 407 g/mol. The lowest BCUT2D eigenvalue weighted by Crippen LogP contribution is -2.26. The van der Waals surface area contributed by atoms with Crippen molar-refractivity contribution >= 4 is 28.9 Å². The largest absolute Gasteiger partial charge is 0.416 e. The SMILES string of the molecule is CC(=O)Nc1ccc(/C(C)=N/OC(C)C(=O)Nc2ccc(C(F)(F)F)cc2)cc1. The molecule has 0 heterocycles. The summed E-state index contributed by atoms with van der Waals surface area (Å²) >= 11 is 0. The van der Waals surface area contributed by atoms with Crippen LogP contribution in [0.2, 0.25) is 0 Å². The molecule has 0 radical (unpaired) electrons. The third-order valence-corrected chi connectivity index (χ3v) is 3.82. The first-order chi connectivity index (χ1) is 13.6. The molecule has 0 aliphatic heterocycles. The van der Waals surface area contributed by atoms with Crippen molar-refractivity contribution in [2.24, 2.45) is 5.16 Å². The fourth-order valence-electron chi connectivity index (χ4n) is 2.24. The van der Waals surface area contributed by atoms with E-state index < -0.39 is 23.8 Å². The van der Waals surface area contributed by atoms with Gasteiger partial charge in [-0.05, 0) is 55.8 Å². The Morgan fingerprint density at radius 3 is 1.97 bits per heavy atom. The molecule has 0 saturated carbocycles. The van der Waals surface area contributed by atoms with Gasteiger partial charge in [-0.15, -0.1) is 0 Å². The lowest BCUT2D eigenvalue weighted by molar-refractivity contribution is -0.137. The second kappa shape index (κ2) is 9.22. The van der Waals surface area contributed by atoms with Crippen LogP contribution in [0.25, 0.3) is 0 Å². The minimum atomic E-state index is -4.44. The molecule has 2 N–H and O–H groups in total. The highest BCUT2D eigenvalue weighted by molar-refractivity contribution is 5.99. The van der Waals surface area contributed by atoms with Gasteiger partial charge in [-0.3, -0.25) is 9.59 Å². The number of anilines is 2. The Kier molecular flexibility index (Phi) is 6.98. The molecule has 1 unspecified atom stereocenters. The van der Waals surface area contributed by atoms with Crippen molar-refractivity contribution in [1.29, 1.82) is 0 Å². The third-order valence-electron chi connectivity index (χ3n) is 3.82. The van der Waals surface area contributed by atoms with Gasteiger partial charge in [0.25, 0.3) is 5.91 Å². The first-order valence-electron chi connectivity index (χ1n) is 8.63. The molecule has 2 aromatic rings. The van der Waals surface area contributed by atoms with Crippen molar-refractivity contribution in [3.63, 3.8) is 0 Å². The molecule has 0 aliphatic carbocycles. The van der Waals surface area contributed by atoms with Gasteiger partial charge in [-0.1, -0.05) is 17.3 Å². The zero-order valence-corrected chi connectivity index (χ0v) is 16.0. The molecule has 2 aromatic carbocycles. The maximum absolute atomic E-state index is 12.6. The monoisotopic (exact) mass is 407 g/mol. The number of benzene rings is 2. The second-order valence-corrected chi connectivity index (χ2v) is 6.25. The van der Waals surface area contributed by atoms with Gasteiger partial charge in [0.15, 0.2) is 0 Å². The number of nitrogens with zero attached hydrogens (tertiary/aromatic N) is 1. The zero-order valence-electron chi connectivity index (χ0n) is 16.0. The molecule has 0 spiro atoms. The molecule has 1 atom stereocenters. The normalized spacial score (nSPS) is 12.8. The van der Waals surface area contributed by atoms with E-state index in [1.807, 2.05) is 0 Å². The number of hydrogen-bond acceptors (Lipinski definition) is 4. The first-order valence-corrected chi connectivity index (χ1v) is 8.63. The summed E-state index contributed by atoms with van der Waals surface area (Å²) in [4.78, 5) is 28.3. The summed E-state index contributed by atoms with van der Waals surface area (Å²) in [6.45, 7) is 4.57. The second-order valence-electron chi connectivity index (χ2n) is 6.25. The summed E-state index contributed by atoms with van der Waals surface area (Å²) in [6, 6.07) is 11.0. The van der Waals surface area contributed by atoms with Crippen molar-refractivity contribution in [3.05, 3.63) is 59.7 Å². The van der Waals surface area contributed by atoms with E-state index in [0.717, 1.165) is 17.7 Å². The predicted molar refractivity (Wildman–Crippen MR) is 104 cm³/mol. The molecule has 0 fully saturated rings. The Balaban J connectivity index is 1.93. The van der Waals surface area contributed by atoms with Crippen LogP contribution < -0.4 is 10.6 Å². The van der Waals surface area contributed by atoms with E-state index in [9.17, 15) is 22.8 Å². The molecule has 0 aromatic heterocycles. The molecule has 154 valence electrons. The lowest BCUT2D eigenvalue weighted by Gasteiger charge is -2.12. The van der Waals surface area contributed by atoms with Gasteiger partial charge in [-0.25, -0.2) is 0 Å². The maximum Gasteiger partial charge on any atom is 0.416 e. The van der Waals surface area contributed by atoms with Crippen LogP contribution in [0.5, 0.6) is 0 Å². The molecule has 29 heavy (non-hydrogen) atoms. The summed E-state index contributed by atoms with van der Waals surface area (Å²) < 4.78 is 37.7. The number of hydrogen-bond donors (Lipinski definition) is 2. The minimum Gasteiger partial charge on any atom is -0.382 e. The smallest absolute Gasteiger partial charge is 0.382 e. The Bertz CT molecular complexity index is 892. The minimum absolute atomic E-state index is 0.181. The van der Waals surface area contributed by atoms with Crippen molar-refractivity contribution in [2.45, 2.75) is 33.1 Å². The van der Waals surface area contributed by atoms with E-state index in [4.69, 9.17) is 4.84 Å². The zero-order chi connectivity index (χ0) is 21.6. The number of carbonyl (C=O) groups excluding carboxylic acids is 2. The van der Waals surface area contributed by atoms with Crippen LogP contribution in [-0.2, 0) is 20.6 Å². The first kappa shape index (κ1) is 21.9. The van der Waals surface area contributed by atoms with Crippen molar-refractivity contribution in [3.8, 4) is 0 Å². The van der Waals surface area contributed by atoms with Crippen molar-refractivity contribution in [1.82, 2.24) is 0 Å². The molecule has 9 heteroatoms. The van der Waals surface area contributed by atoms with E-state index in [2.05, 4.69) is 15.8 Å². The Morgan fingerprint density at radius 2 is 1.45 bits per heavy atom. The highest BCUT2D eigenvalue weighted by Crippen LogP contribution is 2.29. The van der Waals surface area contributed by atoms with Gasteiger partial charge in [0, 0.05) is 18.3 Å². The van der Waals surface area contributed by atoms with Gasteiger partial charge < -0.3 is 15.5 Å². The molecule has 0 saturated heterocycles. The average Bonchev–Trinajstić information content (AvgIpc) is 2.65. The number of rotatable bonds is 6. The van der Waals surface area contributed by atoms with Gasteiger partial charge in [-0.2, -0.15) is 13.2 Å². The van der Waals surface area contributed by atoms with E-state index in [1.54, 1.807) is 31.2 Å². The number of carbonyl (C=O) groups is 2. The van der Waals surface area contributed by atoms with Gasteiger partial charge in [0.1, 0.15) is 0 Å². The van der Waals surface area contributed by atoms with Crippen LogP contribution in [0.3, 0.4) is 0 Å². The number of halogens is 3. The van der Waals surface area contributed by atoms with E-state index >= 15 is 0 Å². The van der Waals surface area contributed by atoms with E-state index in [0.29, 0.717) is 11.4 Å². The highest BCUT2D eigenvalue weighted by atomic mass is 19.4. The summed E-state index contributed by atoms with van der Waals surface area (Å²) in [5.74, 6) is -0.735. The molecule has 2 amide bonds. The Morgan fingerprint density at radius 1 is 0.931 bits per heavy atom. The van der Waals surface area contributed by atoms with Gasteiger partial charge in [0.2, 0.25) is 12.0 Å². The number of oxime groups is 1. The highest BCUT2D eigenvalue weighted by Gasteiger charge is 2.30. The summed E-state index contributed by atoms with van der Waals surface area (Å²) in [6.07, 6.45) is -5.41. The Labute approximate surface area is 165 Å².